The predicted molar refractivity (Wildman–Crippen MR) is 85.1 cm³/mol. The molecule has 0 aliphatic rings. The molecule has 2 rings (SSSR count). The summed E-state index contributed by atoms with van der Waals surface area (Å²) in [6, 6.07) is 9.54. The van der Waals surface area contributed by atoms with Crippen molar-refractivity contribution in [1.82, 2.24) is 9.88 Å². The normalized spacial score (nSPS) is 10.8. The third kappa shape index (κ3) is 3.44. The van der Waals surface area contributed by atoms with Crippen LogP contribution in [0.15, 0.2) is 41.0 Å². The molecule has 1 N–H and O–H groups in total. The fourth-order valence-corrected chi connectivity index (χ4v) is 2.60. The summed E-state index contributed by atoms with van der Waals surface area (Å²) in [6.45, 7) is 4.49. The standard InChI is InChI=1S/C15H16BrClN2O/c1-10(2)19-9-12(16)7-14(19)15(20)18-8-11-5-3-4-6-13(11)17/h3-7,9-10H,8H2,1-2H3,(H,18,20). The van der Waals surface area contributed by atoms with Crippen LogP contribution in [-0.4, -0.2) is 10.5 Å². The third-order valence-electron chi connectivity index (χ3n) is 3.00. The van der Waals surface area contributed by atoms with Gasteiger partial charge >= 0.3 is 0 Å². The van der Waals surface area contributed by atoms with Gasteiger partial charge in [0.2, 0.25) is 0 Å². The van der Waals surface area contributed by atoms with Crippen LogP contribution in [0.3, 0.4) is 0 Å². The van der Waals surface area contributed by atoms with Crippen LogP contribution in [0.1, 0.15) is 35.9 Å². The Kier molecular flexibility index (Phi) is 4.89. The van der Waals surface area contributed by atoms with Crippen molar-refractivity contribution in [2.45, 2.75) is 26.4 Å². The first-order chi connectivity index (χ1) is 9.49. The maximum absolute atomic E-state index is 12.3. The number of aromatic nitrogens is 1. The number of nitrogens with zero attached hydrogens (tertiary/aromatic N) is 1. The molecular formula is C15H16BrClN2O. The van der Waals surface area contributed by atoms with Crippen molar-refractivity contribution in [1.29, 1.82) is 0 Å². The zero-order valence-corrected chi connectivity index (χ0v) is 13.7. The first-order valence-electron chi connectivity index (χ1n) is 6.38. The molecule has 0 atom stereocenters. The molecule has 0 radical (unpaired) electrons. The van der Waals surface area contributed by atoms with Gasteiger partial charge in [-0.15, -0.1) is 0 Å². The van der Waals surface area contributed by atoms with E-state index in [-0.39, 0.29) is 11.9 Å². The lowest BCUT2D eigenvalue weighted by atomic mass is 10.2. The number of carbonyl (C=O) groups excluding carboxylic acids is 1. The Hall–Kier alpha value is -1.26. The lowest BCUT2D eigenvalue weighted by molar-refractivity contribution is 0.0940. The lowest BCUT2D eigenvalue weighted by Gasteiger charge is -2.13. The average Bonchev–Trinajstić information content (AvgIpc) is 2.80. The SMILES string of the molecule is CC(C)n1cc(Br)cc1C(=O)NCc1ccccc1Cl. The molecule has 0 fully saturated rings. The molecule has 0 unspecified atom stereocenters. The highest BCUT2D eigenvalue weighted by Gasteiger charge is 2.14. The Labute approximate surface area is 132 Å². The van der Waals surface area contributed by atoms with Gasteiger partial charge in [-0.1, -0.05) is 29.8 Å². The minimum Gasteiger partial charge on any atom is -0.347 e. The van der Waals surface area contributed by atoms with Crippen LogP contribution >= 0.6 is 27.5 Å². The van der Waals surface area contributed by atoms with E-state index in [0.29, 0.717) is 17.3 Å². The van der Waals surface area contributed by atoms with E-state index in [1.807, 2.05) is 54.9 Å². The topological polar surface area (TPSA) is 34.0 Å². The summed E-state index contributed by atoms with van der Waals surface area (Å²) in [6.07, 6.45) is 1.91. The number of hydrogen-bond acceptors (Lipinski definition) is 1. The van der Waals surface area contributed by atoms with Gasteiger partial charge < -0.3 is 9.88 Å². The molecule has 0 saturated carbocycles. The molecule has 1 amide bonds. The molecule has 1 heterocycles. The van der Waals surface area contributed by atoms with Gasteiger partial charge in [0.15, 0.2) is 0 Å². The number of nitrogens with one attached hydrogen (secondary N) is 1. The van der Waals surface area contributed by atoms with Gasteiger partial charge in [0.25, 0.3) is 5.91 Å². The second kappa shape index (κ2) is 6.46. The predicted octanol–water partition coefficient (Wildman–Crippen LogP) is 4.41. The van der Waals surface area contributed by atoms with Gasteiger partial charge in [0.1, 0.15) is 5.69 Å². The van der Waals surface area contributed by atoms with Crippen LogP contribution in [0, 0.1) is 0 Å². The van der Waals surface area contributed by atoms with Gasteiger partial charge in [-0.2, -0.15) is 0 Å². The number of rotatable bonds is 4. The number of halogens is 2. The van der Waals surface area contributed by atoms with Crippen molar-refractivity contribution in [3.63, 3.8) is 0 Å². The van der Waals surface area contributed by atoms with Crippen molar-refractivity contribution in [2.24, 2.45) is 0 Å². The second-order valence-electron chi connectivity index (χ2n) is 4.82. The third-order valence-corrected chi connectivity index (χ3v) is 3.80. The highest BCUT2D eigenvalue weighted by Crippen LogP contribution is 2.20. The molecule has 0 saturated heterocycles. The Morgan fingerprint density at radius 1 is 1.40 bits per heavy atom. The molecule has 0 aliphatic carbocycles. The molecule has 0 aliphatic heterocycles. The van der Waals surface area contributed by atoms with Gasteiger partial charge in [-0.25, -0.2) is 0 Å². The van der Waals surface area contributed by atoms with E-state index >= 15 is 0 Å². The van der Waals surface area contributed by atoms with Crippen LogP contribution < -0.4 is 5.32 Å². The van der Waals surface area contributed by atoms with Crippen molar-refractivity contribution in [2.75, 3.05) is 0 Å². The van der Waals surface area contributed by atoms with Crippen LogP contribution in [0.4, 0.5) is 0 Å². The fraction of sp³-hybridized carbons (Fsp3) is 0.267. The minimum atomic E-state index is -0.107. The smallest absolute Gasteiger partial charge is 0.268 e. The highest BCUT2D eigenvalue weighted by molar-refractivity contribution is 9.10. The van der Waals surface area contributed by atoms with E-state index in [0.717, 1.165) is 10.0 Å². The lowest BCUT2D eigenvalue weighted by Crippen LogP contribution is -2.25. The molecule has 0 bridgehead atoms. The van der Waals surface area contributed by atoms with Crippen LogP contribution in [0.25, 0.3) is 0 Å². The molecule has 5 heteroatoms. The van der Waals surface area contributed by atoms with E-state index in [2.05, 4.69) is 21.2 Å². The van der Waals surface area contributed by atoms with Crippen molar-refractivity contribution >= 4 is 33.4 Å². The summed E-state index contributed by atoms with van der Waals surface area (Å²) in [5.41, 5.74) is 1.54. The molecule has 2 aromatic rings. The first-order valence-corrected chi connectivity index (χ1v) is 7.55. The van der Waals surface area contributed by atoms with Gasteiger partial charge in [0.05, 0.1) is 0 Å². The Bertz CT molecular complexity index is 622. The summed E-state index contributed by atoms with van der Waals surface area (Å²) >= 11 is 9.48. The van der Waals surface area contributed by atoms with E-state index < -0.39 is 0 Å². The molecular weight excluding hydrogens is 340 g/mol. The number of amides is 1. The van der Waals surface area contributed by atoms with E-state index in [4.69, 9.17) is 11.6 Å². The van der Waals surface area contributed by atoms with Gasteiger partial charge in [-0.05, 0) is 47.5 Å². The molecule has 0 spiro atoms. The summed E-state index contributed by atoms with van der Waals surface area (Å²) < 4.78 is 2.83. The number of hydrogen-bond donors (Lipinski definition) is 1. The summed E-state index contributed by atoms with van der Waals surface area (Å²) in [7, 11) is 0. The zero-order valence-electron chi connectivity index (χ0n) is 11.4. The Morgan fingerprint density at radius 3 is 2.75 bits per heavy atom. The van der Waals surface area contributed by atoms with Crippen LogP contribution in [0.5, 0.6) is 0 Å². The summed E-state index contributed by atoms with van der Waals surface area (Å²) in [4.78, 5) is 12.3. The van der Waals surface area contributed by atoms with Crippen molar-refractivity contribution in [3.05, 3.63) is 57.3 Å². The van der Waals surface area contributed by atoms with Crippen LogP contribution in [-0.2, 0) is 6.54 Å². The van der Waals surface area contributed by atoms with E-state index in [9.17, 15) is 4.79 Å². The summed E-state index contributed by atoms with van der Waals surface area (Å²) in [5.74, 6) is -0.107. The highest BCUT2D eigenvalue weighted by atomic mass is 79.9. The molecule has 20 heavy (non-hydrogen) atoms. The van der Waals surface area contributed by atoms with Gasteiger partial charge in [0, 0.05) is 28.3 Å². The van der Waals surface area contributed by atoms with Crippen molar-refractivity contribution < 1.29 is 4.79 Å². The Morgan fingerprint density at radius 2 is 2.10 bits per heavy atom. The first kappa shape index (κ1) is 15.1. The monoisotopic (exact) mass is 354 g/mol. The molecule has 3 nitrogen and oxygen atoms in total. The van der Waals surface area contributed by atoms with E-state index in [1.54, 1.807) is 0 Å². The Balaban J connectivity index is 2.11. The average molecular weight is 356 g/mol. The maximum atomic E-state index is 12.3. The molecule has 106 valence electrons. The zero-order chi connectivity index (χ0) is 14.7. The quantitative estimate of drug-likeness (QED) is 0.865. The fourth-order valence-electron chi connectivity index (χ4n) is 1.96. The maximum Gasteiger partial charge on any atom is 0.268 e. The van der Waals surface area contributed by atoms with Gasteiger partial charge in [-0.3, -0.25) is 4.79 Å². The number of carbonyl (C=O) groups is 1. The molecule has 1 aromatic heterocycles. The van der Waals surface area contributed by atoms with Crippen LogP contribution in [0.2, 0.25) is 5.02 Å². The minimum absolute atomic E-state index is 0.107. The summed E-state index contributed by atoms with van der Waals surface area (Å²) in [5, 5.41) is 3.56. The largest absolute Gasteiger partial charge is 0.347 e. The van der Waals surface area contributed by atoms with Crippen molar-refractivity contribution in [3.8, 4) is 0 Å². The second-order valence-corrected chi connectivity index (χ2v) is 6.14. The number of benzene rings is 1. The van der Waals surface area contributed by atoms with E-state index in [1.165, 1.54) is 0 Å². The molecule has 1 aromatic carbocycles.